The second kappa shape index (κ2) is 5.77. The standard InChI is InChI=1S/C14H17BrN4S/c1-3-16-14-12(15)13(9-4-5-9)18-10(19-14)6-11-17-8(2)7-20-11/h7,9H,3-6H2,1-2H3,(H,16,18,19). The second-order valence-electron chi connectivity index (χ2n) is 5.05. The molecule has 4 nitrogen and oxygen atoms in total. The fourth-order valence-electron chi connectivity index (χ4n) is 2.12. The molecule has 0 aliphatic heterocycles. The first kappa shape index (κ1) is 13.9. The van der Waals surface area contributed by atoms with E-state index in [4.69, 9.17) is 4.98 Å². The van der Waals surface area contributed by atoms with Gasteiger partial charge in [-0.3, -0.25) is 0 Å². The van der Waals surface area contributed by atoms with Crippen molar-refractivity contribution < 1.29 is 0 Å². The van der Waals surface area contributed by atoms with Crippen LogP contribution in [-0.2, 0) is 6.42 Å². The quantitative estimate of drug-likeness (QED) is 0.886. The molecule has 1 aliphatic carbocycles. The van der Waals surface area contributed by atoms with Gasteiger partial charge < -0.3 is 5.32 Å². The summed E-state index contributed by atoms with van der Waals surface area (Å²) in [4.78, 5) is 13.9. The SMILES string of the molecule is CCNc1nc(Cc2nc(C)cs2)nc(C2CC2)c1Br. The number of aryl methyl sites for hydroxylation is 1. The Labute approximate surface area is 131 Å². The lowest BCUT2D eigenvalue weighted by molar-refractivity contribution is 0.882. The first-order chi connectivity index (χ1) is 9.67. The molecule has 1 N–H and O–H groups in total. The van der Waals surface area contributed by atoms with Crippen LogP contribution in [0.1, 0.15) is 47.9 Å². The Kier molecular flexibility index (Phi) is 4.03. The predicted molar refractivity (Wildman–Crippen MR) is 85.5 cm³/mol. The van der Waals surface area contributed by atoms with Gasteiger partial charge in [-0.2, -0.15) is 0 Å². The molecule has 2 heterocycles. The molecule has 6 heteroatoms. The molecule has 1 aliphatic rings. The Bertz CT molecular complexity index is 622. The van der Waals surface area contributed by atoms with Crippen LogP contribution in [0.4, 0.5) is 5.82 Å². The summed E-state index contributed by atoms with van der Waals surface area (Å²) in [6, 6.07) is 0. The van der Waals surface area contributed by atoms with E-state index >= 15 is 0 Å². The summed E-state index contributed by atoms with van der Waals surface area (Å²) < 4.78 is 1.03. The van der Waals surface area contributed by atoms with Gasteiger partial charge in [0.15, 0.2) is 0 Å². The lowest BCUT2D eigenvalue weighted by Crippen LogP contribution is -2.08. The zero-order valence-electron chi connectivity index (χ0n) is 11.6. The zero-order chi connectivity index (χ0) is 14.1. The van der Waals surface area contributed by atoms with Crippen molar-refractivity contribution in [2.75, 3.05) is 11.9 Å². The van der Waals surface area contributed by atoms with Gasteiger partial charge in [0.2, 0.25) is 0 Å². The monoisotopic (exact) mass is 352 g/mol. The van der Waals surface area contributed by atoms with Gasteiger partial charge in [0.05, 0.1) is 16.6 Å². The molecule has 3 rings (SSSR count). The fourth-order valence-corrected chi connectivity index (χ4v) is 3.53. The number of nitrogens with zero attached hydrogens (tertiary/aromatic N) is 3. The highest BCUT2D eigenvalue weighted by Crippen LogP contribution is 2.43. The summed E-state index contributed by atoms with van der Waals surface area (Å²) >= 11 is 5.32. The molecule has 2 aromatic rings. The topological polar surface area (TPSA) is 50.7 Å². The van der Waals surface area contributed by atoms with Crippen molar-refractivity contribution in [3.63, 3.8) is 0 Å². The van der Waals surface area contributed by atoms with E-state index in [1.807, 2.05) is 6.92 Å². The maximum atomic E-state index is 4.75. The molecule has 0 bridgehead atoms. The Morgan fingerprint density at radius 1 is 1.35 bits per heavy atom. The predicted octanol–water partition coefficient (Wildman–Crippen LogP) is 3.90. The molecule has 0 saturated heterocycles. The minimum Gasteiger partial charge on any atom is -0.369 e. The van der Waals surface area contributed by atoms with Gasteiger partial charge in [0.25, 0.3) is 0 Å². The molecule has 106 valence electrons. The number of aromatic nitrogens is 3. The molecule has 0 radical (unpaired) electrons. The summed E-state index contributed by atoms with van der Waals surface area (Å²) in [7, 11) is 0. The highest BCUT2D eigenvalue weighted by molar-refractivity contribution is 9.10. The Balaban J connectivity index is 1.93. The third kappa shape index (κ3) is 3.01. The van der Waals surface area contributed by atoms with E-state index in [-0.39, 0.29) is 0 Å². The van der Waals surface area contributed by atoms with E-state index in [0.29, 0.717) is 12.3 Å². The van der Waals surface area contributed by atoms with Crippen LogP contribution in [0.2, 0.25) is 0 Å². The number of hydrogen-bond acceptors (Lipinski definition) is 5. The van der Waals surface area contributed by atoms with Crippen LogP contribution in [0.25, 0.3) is 0 Å². The van der Waals surface area contributed by atoms with Crippen molar-refractivity contribution in [2.45, 2.75) is 39.0 Å². The molecular formula is C14H17BrN4S. The summed E-state index contributed by atoms with van der Waals surface area (Å²) in [5.74, 6) is 2.37. The molecule has 20 heavy (non-hydrogen) atoms. The van der Waals surface area contributed by atoms with E-state index in [1.54, 1.807) is 11.3 Å². The van der Waals surface area contributed by atoms with Gasteiger partial charge in [0.1, 0.15) is 16.6 Å². The number of hydrogen-bond donors (Lipinski definition) is 1. The lowest BCUT2D eigenvalue weighted by Gasteiger charge is -2.11. The smallest absolute Gasteiger partial charge is 0.144 e. The number of thiazole rings is 1. The Hall–Kier alpha value is -1.01. The van der Waals surface area contributed by atoms with Gasteiger partial charge in [-0.15, -0.1) is 11.3 Å². The summed E-state index contributed by atoms with van der Waals surface area (Å²) in [6.45, 7) is 4.95. The van der Waals surface area contributed by atoms with Crippen LogP contribution in [0.15, 0.2) is 9.85 Å². The van der Waals surface area contributed by atoms with Crippen molar-refractivity contribution in [2.24, 2.45) is 0 Å². The van der Waals surface area contributed by atoms with E-state index in [1.165, 1.54) is 12.8 Å². The van der Waals surface area contributed by atoms with E-state index in [9.17, 15) is 0 Å². The highest BCUT2D eigenvalue weighted by atomic mass is 79.9. The third-order valence-corrected chi connectivity index (χ3v) is 4.96. The van der Waals surface area contributed by atoms with Crippen LogP contribution in [-0.4, -0.2) is 21.5 Å². The molecule has 0 spiro atoms. The fraction of sp³-hybridized carbons (Fsp3) is 0.500. The third-order valence-electron chi connectivity index (χ3n) is 3.21. The second-order valence-corrected chi connectivity index (χ2v) is 6.79. The number of halogens is 1. The van der Waals surface area contributed by atoms with Gasteiger partial charge in [-0.25, -0.2) is 15.0 Å². The van der Waals surface area contributed by atoms with Gasteiger partial charge in [-0.1, -0.05) is 0 Å². The minimum absolute atomic E-state index is 0.599. The molecule has 2 aromatic heterocycles. The lowest BCUT2D eigenvalue weighted by atomic mass is 10.2. The molecule has 1 fully saturated rings. The first-order valence-corrected chi connectivity index (χ1v) is 8.55. The highest BCUT2D eigenvalue weighted by Gasteiger charge is 2.29. The van der Waals surface area contributed by atoms with Gasteiger partial charge in [0, 0.05) is 23.5 Å². The number of anilines is 1. The Morgan fingerprint density at radius 3 is 2.75 bits per heavy atom. The summed E-state index contributed by atoms with van der Waals surface area (Å²) in [6.07, 6.45) is 3.18. The minimum atomic E-state index is 0.599. The maximum absolute atomic E-state index is 4.75. The summed E-state index contributed by atoms with van der Waals surface area (Å²) in [5.41, 5.74) is 2.22. The van der Waals surface area contributed by atoms with Crippen LogP contribution < -0.4 is 5.32 Å². The van der Waals surface area contributed by atoms with Gasteiger partial charge >= 0.3 is 0 Å². The largest absolute Gasteiger partial charge is 0.369 e. The molecular weight excluding hydrogens is 336 g/mol. The van der Waals surface area contributed by atoms with Crippen LogP contribution >= 0.6 is 27.3 Å². The van der Waals surface area contributed by atoms with Crippen molar-refractivity contribution in [3.8, 4) is 0 Å². The van der Waals surface area contributed by atoms with E-state index < -0.39 is 0 Å². The summed E-state index contributed by atoms with van der Waals surface area (Å²) in [5, 5.41) is 6.46. The van der Waals surface area contributed by atoms with Crippen LogP contribution in [0.5, 0.6) is 0 Å². The molecule has 0 unspecified atom stereocenters. The number of rotatable bonds is 5. The molecule has 0 amide bonds. The Morgan fingerprint density at radius 2 is 2.15 bits per heavy atom. The van der Waals surface area contributed by atoms with Crippen molar-refractivity contribution >= 4 is 33.1 Å². The molecule has 0 aromatic carbocycles. The van der Waals surface area contributed by atoms with Crippen LogP contribution in [0.3, 0.4) is 0 Å². The average Bonchev–Trinajstić information content (AvgIpc) is 3.18. The molecule has 1 saturated carbocycles. The van der Waals surface area contributed by atoms with Gasteiger partial charge in [-0.05, 0) is 42.6 Å². The average molecular weight is 353 g/mol. The van der Waals surface area contributed by atoms with Crippen LogP contribution in [0, 0.1) is 6.92 Å². The maximum Gasteiger partial charge on any atom is 0.144 e. The van der Waals surface area contributed by atoms with E-state index in [2.05, 4.69) is 43.5 Å². The normalized spacial score (nSPS) is 14.6. The van der Waals surface area contributed by atoms with Crippen molar-refractivity contribution in [1.29, 1.82) is 0 Å². The zero-order valence-corrected chi connectivity index (χ0v) is 14.0. The van der Waals surface area contributed by atoms with Crippen molar-refractivity contribution in [3.05, 3.63) is 32.1 Å². The molecule has 0 atom stereocenters. The number of nitrogens with one attached hydrogen (secondary N) is 1. The van der Waals surface area contributed by atoms with E-state index in [0.717, 1.165) is 39.1 Å². The first-order valence-electron chi connectivity index (χ1n) is 6.88. The van der Waals surface area contributed by atoms with Crippen molar-refractivity contribution in [1.82, 2.24) is 15.0 Å².